The summed E-state index contributed by atoms with van der Waals surface area (Å²) in [7, 11) is 0. The first-order valence-electron chi connectivity index (χ1n) is 9.27. The molecule has 0 aromatic carbocycles. The maximum atomic E-state index is 13.2. The van der Waals surface area contributed by atoms with Crippen molar-refractivity contribution in [2.45, 2.75) is 50.4 Å². The molecular weight excluding hydrogens is 418 g/mol. The SMILES string of the molecule is Nc1ncc(-c2cn([C@H]3CCC4CC3C4)c(C(O)C(F)(F)F)n2)cc1OC(F)(F)F. The average Bonchev–Trinajstić information content (AvgIpc) is 3.05. The van der Waals surface area contributed by atoms with Crippen LogP contribution < -0.4 is 10.5 Å². The number of aliphatic hydroxyl groups excluding tert-OH is 1. The maximum Gasteiger partial charge on any atom is 0.573 e. The highest BCUT2D eigenvalue weighted by Gasteiger charge is 2.46. The topological polar surface area (TPSA) is 86.2 Å². The molecule has 3 N–H and O–H groups in total. The lowest BCUT2D eigenvalue weighted by Crippen LogP contribution is -2.38. The van der Waals surface area contributed by atoms with Crippen molar-refractivity contribution in [3.8, 4) is 17.0 Å². The first kappa shape index (κ1) is 20.8. The van der Waals surface area contributed by atoms with Crippen molar-refractivity contribution >= 4 is 5.82 Å². The molecule has 0 aliphatic heterocycles. The fraction of sp³-hybridized carbons (Fsp3) is 0.556. The van der Waals surface area contributed by atoms with Gasteiger partial charge in [0.1, 0.15) is 5.82 Å². The quantitative estimate of drug-likeness (QED) is 0.695. The van der Waals surface area contributed by atoms with Crippen LogP contribution in [-0.2, 0) is 0 Å². The average molecular weight is 436 g/mol. The highest BCUT2D eigenvalue weighted by Crippen LogP contribution is 2.52. The van der Waals surface area contributed by atoms with E-state index >= 15 is 0 Å². The molecule has 0 spiro atoms. The number of fused-ring (bicyclic) bond motifs is 2. The maximum absolute atomic E-state index is 13.2. The molecule has 2 heterocycles. The number of aliphatic hydroxyl groups is 1. The van der Waals surface area contributed by atoms with Gasteiger partial charge >= 0.3 is 12.5 Å². The number of ether oxygens (including phenoxy) is 1. The van der Waals surface area contributed by atoms with Crippen LogP contribution in [0, 0.1) is 11.8 Å². The lowest BCUT2D eigenvalue weighted by Gasteiger charge is -2.47. The van der Waals surface area contributed by atoms with Crippen molar-refractivity contribution in [1.29, 1.82) is 0 Å². The Morgan fingerprint density at radius 3 is 2.43 bits per heavy atom. The summed E-state index contributed by atoms with van der Waals surface area (Å²) in [5.41, 5.74) is 5.33. The number of hydrogen-bond acceptors (Lipinski definition) is 5. The van der Waals surface area contributed by atoms with Gasteiger partial charge in [-0.2, -0.15) is 13.2 Å². The van der Waals surface area contributed by atoms with E-state index in [-0.39, 0.29) is 23.2 Å². The lowest BCUT2D eigenvalue weighted by molar-refractivity contribution is -0.274. The second-order valence-electron chi connectivity index (χ2n) is 7.73. The predicted octanol–water partition coefficient (Wildman–Crippen LogP) is 4.38. The van der Waals surface area contributed by atoms with Crippen molar-refractivity contribution < 1.29 is 36.2 Å². The number of rotatable bonds is 4. The number of imidazole rings is 1. The molecule has 2 bridgehead atoms. The molecule has 164 valence electrons. The van der Waals surface area contributed by atoms with Crippen molar-refractivity contribution in [2.75, 3.05) is 5.73 Å². The van der Waals surface area contributed by atoms with Crippen molar-refractivity contribution in [3.05, 3.63) is 24.3 Å². The minimum absolute atomic E-state index is 0.0138. The third-order valence-electron chi connectivity index (χ3n) is 5.76. The number of pyridine rings is 1. The fourth-order valence-corrected chi connectivity index (χ4v) is 4.31. The molecule has 2 atom stereocenters. The Labute approximate surface area is 166 Å². The number of halogens is 6. The molecule has 1 unspecified atom stereocenters. The third-order valence-corrected chi connectivity index (χ3v) is 5.76. The summed E-state index contributed by atoms with van der Waals surface area (Å²) in [6.07, 6.45) is -7.08. The van der Waals surface area contributed by atoms with Gasteiger partial charge in [-0.15, -0.1) is 13.2 Å². The van der Waals surface area contributed by atoms with Crippen LogP contribution in [0.5, 0.6) is 5.75 Å². The predicted molar refractivity (Wildman–Crippen MR) is 92.1 cm³/mol. The van der Waals surface area contributed by atoms with E-state index in [1.807, 2.05) is 0 Å². The van der Waals surface area contributed by atoms with Crippen LogP contribution in [0.15, 0.2) is 18.5 Å². The molecule has 2 aromatic heterocycles. The van der Waals surface area contributed by atoms with Crippen LogP contribution >= 0.6 is 0 Å². The van der Waals surface area contributed by atoms with E-state index in [0.717, 1.165) is 31.5 Å². The van der Waals surface area contributed by atoms with Gasteiger partial charge in [0.25, 0.3) is 0 Å². The fourth-order valence-electron chi connectivity index (χ4n) is 4.31. The van der Waals surface area contributed by atoms with E-state index in [1.165, 1.54) is 10.8 Å². The molecule has 30 heavy (non-hydrogen) atoms. The Morgan fingerprint density at radius 1 is 1.17 bits per heavy atom. The molecule has 3 aliphatic rings. The second kappa shape index (κ2) is 7.03. The minimum Gasteiger partial charge on any atom is -0.402 e. The molecule has 5 rings (SSSR count). The van der Waals surface area contributed by atoms with Gasteiger partial charge in [-0.25, -0.2) is 9.97 Å². The first-order valence-corrected chi connectivity index (χ1v) is 9.27. The standard InChI is InChI=1S/C18H18F6N4O2/c19-17(20,21)14(29)16-27-11(7-28(16)12-2-1-8-3-9(12)4-8)10-5-13(15(25)26-6-10)30-18(22,23)24/h5-9,12,14,29H,1-4H2,(H2,25,26)/t8?,9?,12-,14?/m0/s1. The third kappa shape index (κ3) is 3.92. The molecule has 3 aliphatic carbocycles. The van der Waals surface area contributed by atoms with Gasteiger partial charge in [0.15, 0.2) is 11.6 Å². The number of hydrogen-bond donors (Lipinski definition) is 2. The van der Waals surface area contributed by atoms with E-state index < -0.39 is 36.0 Å². The van der Waals surface area contributed by atoms with Crippen LogP contribution in [0.1, 0.15) is 43.7 Å². The zero-order valence-electron chi connectivity index (χ0n) is 15.4. The van der Waals surface area contributed by atoms with Gasteiger partial charge in [0.2, 0.25) is 6.10 Å². The summed E-state index contributed by atoms with van der Waals surface area (Å²) >= 11 is 0. The van der Waals surface area contributed by atoms with E-state index in [1.54, 1.807) is 0 Å². The van der Waals surface area contributed by atoms with Crippen LogP contribution in [-0.4, -0.2) is 32.2 Å². The minimum atomic E-state index is -5.02. The van der Waals surface area contributed by atoms with E-state index in [0.29, 0.717) is 12.3 Å². The Kier molecular flexibility index (Phi) is 4.87. The zero-order valence-corrected chi connectivity index (χ0v) is 15.4. The molecule has 6 nitrogen and oxygen atoms in total. The Bertz CT molecular complexity index is 933. The summed E-state index contributed by atoms with van der Waals surface area (Å²) < 4.78 is 82.5. The first-order chi connectivity index (χ1) is 13.9. The molecule has 0 saturated heterocycles. The highest BCUT2D eigenvalue weighted by molar-refractivity contribution is 5.64. The van der Waals surface area contributed by atoms with E-state index in [2.05, 4.69) is 14.7 Å². The normalized spacial score (nSPS) is 25.0. The molecule has 3 fully saturated rings. The summed E-state index contributed by atoms with van der Waals surface area (Å²) in [4.78, 5) is 7.54. The molecule has 3 saturated carbocycles. The Balaban J connectivity index is 1.75. The van der Waals surface area contributed by atoms with Crippen molar-refractivity contribution in [2.24, 2.45) is 11.8 Å². The van der Waals surface area contributed by atoms with Gasteiger partial charge in [-0.3, -0.25) is 0 Å². The monoisotopic (exact) mass is 436 g/mol. The zero-order chi connectivity index (χ0) is 21.8. The van der Waals surface area contributed by atoms with Gasteiger partial charge in [0.05, 0.1) is 5.69 Å². The number of nitrogens with two attached hydrogens (primary N) is 1. The van der Waals surface area contributed by atoms with Gasteiger partial charge in [-0.1, -0.05) is 0 Å². The Morgan fingerprint density at radius 2 is 1.87 bits per heavy atom. The summed E-state index contributed by atoms with van der Waals surface area (Å²) in [6.45, 7) is 0. The van der Waals surface area contributed by atoms with Crippen LogP contribution in [0.4, 0.5) is 32.2 Å². The second-order valence-corrected chi connectivity index (χ2v) is 7.73. The smallest absolute Gasteiger partial charge is 0.402 e. The van der Waals surface area contributed by atoms with E-state index in [4.69, 9.17) is 5.73 Å². The number of nitrogens with zero attached hydrogens (tertiary/aromatic N) is 3. The molecule has 12 heteroatoms. The van der Waals surface area contributed by atoms with Crippen LogP contribution in [0.3, 0.4) is 0 Å². The molecular formula is C18H18F6N4O2. The van der Waals surface area contributed by atoms with Crippen molar-refractivity contribution in [1.82, 2.24) is 14.5 Å². The molecule has 0 amide bonds. The molecule has 0 radical (unpaired) electrons. The van der Waals surface area contributed by atoms with Gasteiger partial charge in [0, 0.05) is 24.0 Å². The highest BCUT2D eigenvalue weighted by atomic mass is 19.4. The summed E-state index contributed by atoms with van der Waals surface area (Å²) in [5.74, 6) is -1.15. The lowest BCUT2D eigenvalue weighted by atomic mass is 9.62. The van der Waals surface area contributed by atoms with Gasteiger partial charge in [-0.05, 0) is 43.6 Å². The van der Waals surface area contributed by atoms with E-state index in [9.17, 15) is 31.4 Å². The van der Waals surface area contributed by atoms with Crippen molar-refractivity contribution in [3.63, 3.8) is 0 Å². The number of anilines is 1. The van der Waals surface area contributed by atoms with Crippen LogP contribution in [0.25, 0.3) is 11.3 Å². The largest absolute Gasteiger partial charge is 0.573 e. The Hall–Kier alpha value is -2.50. The molecule has 2 aromatic rings. The summed E-state index contributed by atoms with van der Waals surface area (Å²) in [5, 5.41) is 9.86. The number of nitrogen functional groups attached to an aromatic ring is 1. The number of aromatic nitrogens is 3. The van der Waals surface area contributed by atoms with Gasteiger partial charge < -0.3 is 20.1 Å². The van der Waals surface area contributed by atoms with Crippen LogP contribution in [0.2, 0.25) is 0 Å². The number of alkyl halides is 6. The summed E-state index contributed by atoms with van der Waals surface area (Å²) in [6, 6.07) is 0.642.